The second kappa shape index (κ2) is 7.76. The van der Waals surface area contributed by atoms with E-state index in [1.807, 2.05) is 55.5 Å². The van der Waals surface area contributed by atoms with Crippen LogP contribution in [0.4, 0.5) is 5.69 Å². The van der Waals surface area contributed by atoms with Gasteiger partial charge in [-0.1, -0.05) is 58.4 Å². The first-order chi connectivity index (χ1) is 12.5. The fraction of sp³-hybridized carbons (Fsp3) is 0.0500. The third kappa shape index (κ3) is 3.81. The summed E-state index contributed by atoms with van der Waals surface area (Å²) in [6.45, 7) is 1.88. The zero-order chi connectivity index (χ0) is 18.7. The molecule has 4 nitrogen and oxygen atoms in total. The number of hydrogen-bond acceptors (Lipinski definition) is 3. The first kappa shape index (κ1) is 18.2. The number of halogens is 1. The van der Waals surface area contributed by atoms with Gasteiger partial charge in [0.1, 0.15) is 5.57 Å². The van der Waals surface area contributed by atoms with Crippen molar-refractivity contribution in [1.29, 1.82) is 0 Å². The number of anilines is 1. The van der Waals surface area contributed by atoms with E-state index in [0.29, 0.717) is 5.69 Å². The Morgan fingerprint density at radius 3 is 2.54 bits per heavy atom. The Bertz CT molecular complexity index is 952. The lowest BCUT2D eigenvalue weighted by molar-refractivity contribution is -0.122. The zero-order valence-corrected chi connectivity index (χ0v) is 16.3. The van der Waals surface area contributed by atoms with E-state index >= 15 is 0 Å². The third-order valence-electron chi connectivity index (χ3n) is 3.85. The molecule has 1 aliphatic heterocycles. The summed E-state index contributed by atoms with van der Waals surface area (Å²) >= 11 is 8.62. The van der Waals surface area contributed by atoms with Gasteiger partial charge in [0.2, 0.25) is 0 Å². The van der Waals surface area contributed by atoms with E-state index in [1.54, 1.807) is 12.1 Å². The van der Waals surface area contributed by atoms with Crippen molar-refractivity contribution in [3.8, 4) is 0 Å². The van der Waals surface area contributed by atoms with Gasteiger partial charge >= 0.3 is 0 Å². The van der Waals surface area contributed by atoms with Crippen LogP contribution in [0.25, 0.3) is 6.08 Å². The van der Waals surface area contributed by atoms with E-state index in [1.165, 1.54) is 11.0 Å². The first-order valence-electron chi connectivity index (χ1n) is 7.86. The average Bonchev–Trinajstić information content (AvgIpc) is 2.60. The number of amides is 2. The first-order valence-corrected chi connectivity index (χ1v) is 9.07. The van der Waals surface area contributed by atoms with E-state index in [4.69, 9.17) is 12.2 Å². The summed E-state index contributed by atoms with van der Waals surface area (Å²) < 4.78 is 0.903. The molecular formula is C20H15BrN2O2S. The quantitative estimate of drug-likeness (QED) is 0.455. The maximum Gasteiger partial charge on any atom is 0.270 e. The predicted molar refractivity (Wildman–Crippen MR) is 111 cm³/mol. The van der Waals surface area contributed by atoms with Gasteiger partial charge in [0.25, 0.3) is 11.8 Å². The minimum Gasteiger partial charge on any atom is -0.298 e. The molecule has 130 valence electrons. The molecule has 3 rings (SSSR count). The number of allylic oxidation sites excluding steroid dienone is 2. The van der Waals surface area contributed by atoms with Crippen molar-refractivity contribution in [2.75, 3.05) is 4.90 Å². The SMILES string of the molecule is Cc1cc(Br)ccc1N1C(=O)/C(=C/C=C/c2ccccc2)C(=O)NC1=S. The fourth-order valence-electron chi connectivity index (χ4n) is 2.59. The lowest BCUT2D eigenvalue weighted by Gasteiger charge is -2.29. The van der Waals surface area contributed by atoms with Crippen molar-refractivity contribution in [3.63, 3.8) is 0 Å². The molecule has 1 aliphatic rings. The minimum atomic E-state index is -0.497. The lowest BCUT2D eigenvalue weighted by Crippen LogP contribution is -2.54. The van der Waals surface area contributed by atoms with Crippen LogP contribution in [0, 0.1) is 6.92 Å². The van der Waals surface area contributed by atoms with E-state index in [9.17, 15) is 9.59 Å². The smallest absolute Gasteiger partial charge is 0.270 e. The molecule has 0 atom stereocenters. The Balaban J connectivity index is 1.93. The van der Waals surface area contributed by atoms with Gasteiger partial charge in [0, 0.05) is 4.47 Å². The van der Waals surface area contributed by atoms with E-state index < -0.39 is 11.8 Å². The second-order valence-electron chi connectivity index (χ2n) is 5.68. The molecule has 0 unspecified atom stereocenters. The molecule has 2 aromatic rings. The fourth-order valence-corrected chi connectivity index (χ4v) is 3.33. The Morgan fingerprint density at radius 2 is 1.85 bits per heavy atom. The van der Waals surface area contributed by atoms with Crippen molar-refractivity contribution in [2.45, 2.75) is 6.92 Å². The van der Waals surface area contributed by atoms with Crippen LogP contribution in [0.3, 0.4) is 0 Å². The van der Waals surface area contributed by atoms with Gasteiger partial charge in [0.05, 0.1) is 5.69 Å². The molecule has 6 heteroatoms. The number of nitrogens with one attached hydrogen (secondary N) is 1. The van der Waals surface area contributed by atoms with Crippen molar-refractivity contribution in [3.05, 3.63) is 81.9 Å². The van der Waals surface area contributed by atoms with Gasteiger partial charge in [-0.3, -0.25) is 19.8 Å². The molecule has 1 heterocycles. The van der Waals surface area contributed by atoms with Crippen molar-refractivity contribution in [2.24, 2.45) is 0 Å². The maximum absolute atomic E-state index is 12.9. The van der Waals surface area contributed by atoms with Crippen LogP contribution in [0.2, 0.25) is 0 Å². The minimum absolute atomic E-state index is 0.0353. The number of rotatable bonds is 3. The Morgan fingerprint density at radius 1 is 1.12 bits per heavy atom. The highest BCUT2D eigenvalue weighted by Gasteiger charge is 2.34. The van der Waals surface area contributed by atoms with E-state index in [2.05, 4.69) is 21.2 Å². The molecule has 2 amide bonds. The van der Waals surface area contributed by atoms with Crippen LogP contribution < -0.4 is 10.2 Å². The number of carbonyl (C=O) groups is 2. The second-order valence-corrected chi connectivity index (χ2v) is 6.98. The summed E-state index contributed by atoms with van der Waals surface area (Å²) in [4.78, 5) is 26.5. The monoisotopic (exact) mass is 426 g/mol. The topological polar surface area (TPSA) is 49.4 Å². The molecule has 0 spiro atoms. The van der Waals surface area contributed by atoms with Crippen LogP contribution in [-0.4, -0.2) is 16.9 Å². The van der Waals surface area contributed by atoms with Gasteiger partial charge in [-0.2, -0.15) is 0 Å². The largest absolute Gasteiger partial charge is 0.298 e. The number of hydrogen-bond donors (Lipinski definition) is 1. The standard InChI is InChI=1S/C20H15BrN2O2S/c1-13-12-15(21)10-11-17(13)23-19(25)16(18(24)22-20(23)26)9-5-8-14-6-3-2-4-7-14/h2-12H,1H3,(H,22,24,26)/b8-5+,16-9+. The van der Waals surface area contributed by atoms with Crippen LogP contribution in [-0.2, 0) is 9.59 Å². The van der Waals surface area contributed by atoms with Crippen LogP contribution in [0.1, 0.15) is 11.1 Å². The van der Waals surface area contributed by atoms with E-state index in [0.717, 1.165) is 15.6 Å². The molecule has 26 heavy (non-hydrogen) atoms. The van der Waals surface area contributed by atoms with Gasteiger partial charge in [-0.05, 0) is 54.5 Å². The average molecular weight is 427 g/mol. The van der Waals surface area contributed by atoms with Crippen molar-refractivity contribution < 1.29 is 9.59 Å². The van der Waals surface area contributed by atoms with Crippen molar-refractivity contribution >= 4 is 56.8 Å². The number of thiocarbonyl (C=S) groups is 1. The summed E-state index contributed by atoms with van der Waals surface area (Å²) in [5.74, 6) is -0.939. The Labute approximate surface area is 165 Å². The number of aryl methyl sites for hydroxylation is 1. The van der Waals surface area contributed by atoms with Gasteiger partial charge in [0.15, 0.2) is 5.11 Å². The molecule has 1 saturated heterocycles. The van der Waals surface area contributed by atoms with Gasteiger partial charge in [-0.25, -0.2) is 0 Å². The molecule has 1 fully saturated rings. The van der Waals surface area contributed by atoms with Gasteiger partial charge < -0.3 is 0 Å². The maximum atomic E-state index is 12.9. The van der Waals surface area contributed by atoms with E-state index in [-0.39, 0.29) is 10.7 Å². The van der Waals surface area contributed by atoms with Crippen LogP contribution in [0.15, 0.2) is 70.7 Å². The molecular weight excluding hydrogens is 412 g/mol. The Hall–Kier alpha value is -2.57. The summed E-state index contributed by atoms with van der Waals surface area (Å²) in [6.07, 6.45) is 5.02. The third-order valence-corrected chi connectivity index (χ3v) is 4.63. The molecule has 0 aliphatic carbocycles. The highest BCUT2D eigenvalue weighted by molar-refractivity contribution is 9.10. The summed E-state index contributed by atoms with van der Waals surface area (Å²) in [5, 5.41) is 2.66. The number of benzene rings is 2. The summed E-state index contributed by atoms with van der Waals surface area (Å²) in [5.41, 5.74) is 2.52. The van der Waals surface area contributed by atoms with Crippen LogP contribution in [0.5, 0.6) is 0 Å². The normalized spacial score (nSPS) is 16.5. The molecule has 2 aromatic carbocycles. The van der Waals surface area contributed by atoms with Gasteiger partial charge in [-0.15, -0.1) is 0 Å². The Kier molecular flexibility index (Phi) is 5.44. The number of nitrogens with zero attached hydrogens (tertiary/aromatic N) is 1. The summed E-state index contributed by atoms with van der Waals surface area (Å²) in [7, 11) is 0. The lowest BCUT2D eigenvalue weighted by atomic mass is 10.1. The van der Waals surface area contributed by atoms with Crippen LogP contribution >= 0.6 is 28.1 Å². The molecule has 1 N–H and O–H groups in total. The van der Waals surface area contributed by atoms with Crippen molar-refractivity contribution in [1.82, 2.24) is 5.32 Å². The highest BCUT2D eigenvalue weighted by Crippen LogP contribution is 2.27. The predicted octanol–water partition coefficient (Wildman–Crippen LogP) is 4.15. The molecule has 0 radical (unpaired) electrons. The molecule has 0 bridgehead atoms. The zero-order valence-electron chi connectivity index (χ0n) is 13.9. The molecule has 0 aromatic heterocycles. The number of carbonyl (C=O) groups excluding carboxylic acids is 2. The molecule has 0 saturated carbocycles. The highest BCUT2D eigenvalue weighted by atomic mass is 79.9. The summed E-state index contributed by atoms with van der Waals surface area (Å²) in [6, 6.07) is 15.1.